The average molecular weight is 197 g/mol. The molecule has 0 aliphatic carbocycles. The Morgan fingerprint density at radius 2 is 2.21 bits per heavy atom. The quantitative estimate of drug-likeness (QED) is 0.786. The number of ether oxygens (including phenoxy) is 1. The van der Waals surface area contributed by atoms with Crippen LogP contribution in [0.25, 0.3) is 0 Å². The second kappa shape index (κ2) is 5.17. The van der Waals surface area contributed by atoms with Crippen LogP contribution in [0.3, 0.4) is 0 Å². The van der Waals surface area contributed by atoms with E-state index in [2.05, 4.69) is 5.32 Å². The molecule has 0 aliphatic rings. The highest BCUT2D eigenvalue weighted by atomic mass is 16.5. The highest BCUT2D eigenvalue weighted by Crippen LogP contribution is 2.18. The summed E-state index contributed by atoms with van der Waals surface area (Å²) >= 11 is 0. The lowest BCUT2D eigenvalue weighted by atomic mass is 10.1. The summed E-state index contributed by atoms with van der Waals surface area (Å²) in [6.45, 7) is 6.74. The molecule has 0 saturated heterocycles. The van der Waals surface area contributed by atoms with Crippen molar-refractivity contribution in [3.63, 3.8) is 0 Å². The minimum absolute atomic E-state index is 0.146. The van der Waals surface area contributed by atoms with Gasteiger partial charge in [-0.25, -0.2) is 0 Å². The molecule has 1 unspecified atom stereocenters. The molecule has 1 rings (SSSR count). The smallest absolute Gasteiger partial charge is 0.125 e. The van der Waals surface area contributed by atoms with E-state index in [1.807, 2.05) is 33.9 Å². The first-order valence-electron chi connectivity index (χ1n) is 4.98. The summed E-state index contributed by atoms with van der Waals surface area (Å²) < 4.78 is 11.0. The van der Waals surface area contributed by atoms with E-state index in [9.17, 15) is 0 Å². The lowest BCUT2D eigenvalue weighted by Gasteiger charge is -2.16. The average Bonchev–Trinajstić information content (AvgIpc) is 2.53. The normalized spacial score (nSPS) is 13.5. The zero-order chi connectivity index (χ0) is 10.6. The molecule has 1 aromatic rings. The molecule has 3 nitrogen and oxygen atoms in total. The Labute approximate surface area is 85.4 Å². The molecule has 0 spiro atoms. The van der Waals surface area contributed by atoms with Gasteiger partial charge in [0.1, 0.15) is 5.76 Å². The summed E-state index contributed by atoms with van der Waals surface area (Å²) in [6.07, 6.45) is 1.96. The van der Waals surface area contributed by atoms with E-state index >= 15 is 0 Å². The molecule has 14 heavy (non-hydrogen) atoms. The Kier molecular flexibility index (Phi) is 4.17. The third-order valence-corrected chi connectivity index (χ3v) is 2.16. The Morgan fingerprint density at radius 1 is 1.50 bits per heavy atom. The van der Waals surface area contributed by atoms with Gasteiger partial charge in [-0.2, -0.15) is 0 Å². The number of furan rings is 1. The first-order valence-corrected chi connectivity index (χ1v) is 4.98. The molecule has 3 heteroatoms. The van der Waals surface area contributed by atoms with Crippen LogP contribution in [0, 0.1) is 6.92 Å². The Hall–Kier alpha value is -0.800. The monoisotopic (exact) mass is 197 g/mol. The summed E-state index contributed by atoms with van der Waals surface area (Å²) in [6, 6.07) is 2.11. The Balaban J connectivity index is 2.58. The van der Waals surface area contributed by atoms with Gasteiger partial charge in [0.15, 0.2) is 0 Å². The van der Waals surface area contributed by atoms with E-state index in [4.69, 9.17) is 9.15 Å². The van der Waals surface area contributed by atoms with Gasteiger partial charge in [0, 0.05) is 0 Å². The summed E-state index contributed by atoms with van der Waals surface area (Å²) in [5.74, 6) is 0.966. The second-order valence-corrected chi connectivity index (χ2v) is 3.69. The van der Waals surface area contributed by atoms with Crippen molar-refractivity contribution in [1.82, 2.24) is 5.32 Å². The SMILES string of the molecule is CNC(COC(C)C)c1occc1C. The maximum atomic E-state index is 5.55. The van der Waals surface area contributed by atoms with Crippen LogP contribution >= 0.6 is 0 Å². The molecule has 0 fully saturated rings. The zero-order valence-corrected chi connectivity index (χ0v) is 9.33. The van der Waals surface area contributed by atoms with Crippen molar-refractivity contribution in [2.75, 3.05) is 13.7 Å². The minimum atomic E-state index is 0.146. The van der Waals surface area contributed by atoms with Gasteiger partial charge in [-0.05, 0) is 39.4 Å². The zero-order valence-electron chi connectivity index (χ0n) is 9.33. The van der Waals surface area contributed by atoms with Crippen LogP contribution in [0.5, 0.6) is 0 Å². The topological polar surface area (TPSA) is 34.4 Å². The molecule has 1 aromatic heterocycles. The first kappa shape index (κ1) is 11.3. The van der Waals surface area contributed by atoms with Gasteiger partial charge in [-0.1, -0.05) is 0 Å². The fourth-order valence-electron chi connectivity index (χ4n) is 1.32. The van der Waals surface area contributed by atoms with Crippen molar-refractivity contribution < 1.29 is 9.15 Å². The predicted octanol–water partition coefficient (Wildman–Crippen LogP) is 2.27. The number of aryl methyl sites for hydroxylation is 1. The van der Waals surface area contributed by atoms with Gasteiger partial charge in [-0.15, -0.1) is 0 Å². The Morgan fingerprint density at radius 3 is 2.64 bits per heavy atom. The van der Waals surface area contributed by atoms with Crippen LogP contribution in [0.4, 0.5) is 0 Å². The summed E-state index contributed by atoms with van der Waals surface area (Å²) in [4.78, 5) is 0. The summed E-state index contributed by atoms with van der Waals surface area (Å²) in [5.41, 5.74) is 1.16. The van der Waals surface area contributed by atoms with E-state index in [1.54, 1.807) is 6.26 Å². The first-order chi connectivity index (χ1) is 6.65. The van der Waals surface area contributed by atoms with Crippen molar-refractivity contribution in [2.24, 2.45) is 0 Å². The van der Waals surface area contributed by atoms with Crippen LogP contribution in [0.1, 0.15) is 31.2 Å². The largest absolute Gasteiger partial charge is 0.467 e. The molecule has 1 N–H and O–H groups in total. The van der Waals surface area contributed by atoms with Crippen LogP contribution in [0.15, 0.2) is 16.7 Å². The molecular formula is C11H19NO2. The minimum Gasteiger partial charge on any atom is -0.467 e. The van der Waals surface area contributed by atoms with Crippen molar-refractivity contribution in [1.29, 1.82) is 0 Å². The van der Waals surface area contributed by atoms with Crippen LogP contribution < -0.4 is 5.32 Å². The van der Waals surface area contributed by atoms with Gasteiger partial charge in [0.2, 0.25) is 0 Å². The molecule has 0 aliphatic heterocycles. The number of hydrogen-bond acceptors (Lipinski definition) is 3. The van der Waals surface area contributed by atoms with E-state index in [1.165, 1.54) is 0 Å². The molecule has 0 bridgehead atoms. The Bertz CT molecular complexity index is 268. The molecule has 0 radical (unpaired) electrons. The van der Waals surface area contributed by atoms with Crippen molar-refractivity contribution in [3.8, 4) is 0 Å². The van der Waals surface area contributed by atoms with Crippen LogP contribution in [-0.4, -0.2) is 19.8 Å². The van der Waals surface area contributed by atoms with E-state index in [0.717, 1.165) is 11.3 Å². The van der Waals surface area contributed by atoms with Gasteiger partial charge < -0.3 is 14.5 Å². The van der Waals surface area contributed by atoms with Crippen molar-refractivity contribution in [2.45, 2.75) is 32.9 Å². The fraction of sp³-hybridized carbons (Fsp3) is 0.636. The molecule has 80 valence electrons. The third kappa shape index (κ3) is 2.86. The lowest BCUT2D eigenvalue weighted by molar-refractivity contribution is 0.0582. The number of hydrogen-bond donors (Lipinski definition) is 1. The lowest BCUT2D eigenvalue weighted by Crippen LogP contribution is -2.23. The predicted molar refractivity (Wildman–Crippen MR) is 56.3 cm³/mol. The van der Waals surface area contributed by atoms with Crippen molar-refractivity contribution >= 4 is 0 Å². The maximum Gasteiger partial charge on any atom is 0.125 e. The van der Waals surface area contributed by atoms with Gasteiger partial charge in [0.25, 0.3) is 0 Å². The third-order valence-electron chi connectivity index (χ3n) is 2.16. The highest BCUT2D eigenvalue weighted by molar-refractivity contribution is 5.18. The number of nitrogens with one attached hydrogen (secondary N) is 1. The van der Waals surface area contributed by atoms with Gasteiger partial charge in [-0.3, -0.25) is 0 Å². The summed E-state index contributed by atoms with van der Waals surface area (Å²) in [7, 11) is 1.91. The number of rotatable bonds is 5. The van der Waals surface area contributed by atoms with Gasteiger partial charge in [0.05, 0.1) is 25.0 Å². The molecule has 0 saturated carbocycles. The number of likely N-dealkylation sites (N-methyl/N-ethyl adjacent to an activating group) is 1. The fourth-order valence-corrected chi connectivity index (χ4v) is 1.32. The molecule has 1 atom stereocenters. The second-order valence-electron chi connectivity index (χ2n) is 3.69. The molecule has 1 heterocycles. The summed E-state index contributed by atoms with van der Waals surface area (Å²) in [5, 5.41) is 3.18. The van der Waals surface area contributed by atoms with E-state index in [0.29, 0.717) is 6.61 Å². The van der Waals surface area contributed by atoms with Crippen molar-refractivity contribution in [3.05, 3.63) is 23.7 Å². The van der Waals surface area contributed by atoms with E-state index < -0.39 is 0 Å². The highest BCUT2D eigenvalue weighted by Gasteiger charge is 2.15. The maximum absolute atomic E-state index is 5.55. The van der Waals surface area contributed by atoms with E-state index in [-0.39, 0.29) is 12.1 Å². The van der Waals surface area contributed by atoms with Crippen LogP contribution in [-0.2, 0) is 4.74 Å². The molecular weight excluding hydrogens is 178 g/mol. The molecule has 0 amide bonds. The van der Waals surface area contributed by atoms with Crippen LogP contribution in [0.2, 0.25) is 0 Å². The molecule has 0 aromatic carbocycles. The van der Waals surface area contributed by atoms with Gasteiger partial charge >= 0.3 is 0 Å². The standard InChI is InChI=1S/C11H19NO2/c1-8(2)14-7-10(12-4)11-9(3)5-6-13-11/h5-6,8,10,12H,7H2,1-4H3.